The number of aromatic nitrogens is 1. The summed E-state index contributed by atoms with van der Waals surface area (Å²) in [5.41, 5.74) is 0.881. The molecule has 2 aliphatic heterocycles. The molecule has 0 radical (unpaired) electrons. The van der Waals surface area contributed by atoms with Crippen molar-refractivity contribution in [1.82, 2.24) is 9.88 Å². The first-order chi connectivity index (χ1) is 12.4. The first-order valence-corrected chi connectivity index (χ1v) is 9.92. The fourth-order valence-electron chi connectivity index (χ4n) is 3.32. The maximum atomic E-state index is 13.4. The first-order valence-electron chi connectivity index (χ1n) is 8.05. The lowest BCUT2D eigenvalue weighted by Crippen LogP contribution is -2.48. The number of nitrogens with one attached hydrogen (secondary N) is 1. The lowest BCUT2D eigenvalue weighted by atomic mass is 10.2. The molecule has 2 aliphatic rings. The molecular weight excluding hydrogens is 380 g/mol. The Kier molecular flexibility index (Phi) is 4.23. The van der Waals surface area contributed by atoms with Crippen LogP contribution >= 0.6 is 23.1 Å². The number of fused-ring (bicyclic) bond motifs is 1. The molecule has 1 aromatic carbocycles. The lowest BCUT2D eigenvalue weighted by molar-refractivity contribution is -0.135. The summed E-state index contributed by atoms with van der Waals surface area (Å²) in [7, 11) is 0. The van der Waals surface area contributed by atoms with Crippen molar-refractivity contribution in [3.05, 3.63) is 35.2 Å². The molecule has 2 aromatic rings. The molecule has 2 atom stereocenters. The SMILES string of the molecule is C[C@@]12CCC(=O)N1[C@H](C(=O)Nc1nc(-c3ccc(F)c(F)c3)cs1)CS2. The average Bonchev–Trinajstić information content (AvgIpc) is 3.27. The van der Waals surface area contributed by atoms with Crippen molar-refractivity contribution in [3.63, 3.8) is 0 Å². The number of nitrogens with zero attached hydrogens (tertiary/aromatic N) is 2. The lowest BCUT2D eigenvalue weighted by Gasteiger charge is -2.29. The van der Waals surface area contributed by atoms with Crippen LogP contribution in [0.25, 0.3) is 11.3 Å². The van der Waals surface area contributed by atoms with Crippen molar-refractivity contribution in [2.75, 3.05) is 11.1 Å². The molecule has 0 unspecified atom stereocenters. The molecule has 9 heteroatoms. The number of hydrogen-bond acceptors (Lipinski definition) is 5. The monoisotopic (exact) mass is 395 g/mol. The topological polar surface area (TPSA) is 62.3 Å². The van der Waals surface area contributed by atoms with Crippen LogP contribution in [-0.2, 0) is 9.59 Å². The van der Waals surface area contributed by atoms with Gasteiger partial charge in [-0.05, 0) is 31.5 Å². The van der Waals surface area contributed by atoms with Gasteiger partial charge in [-0.15, -0.1) is 23.1 Å². The van der Waals surface area contributed by atoms with Crippen LogP contribution in [0.3, 0.4) is 0 Å². The van der Waals surface area contributed by atoms with Gasteiger partial charge in [-0.1, -0.05) is 0 Å². The standard InChI is InChI=1S/C17H15F2N3O2S2/c1-17-5-4-14(23)22(17)13(8-26-17)15(24)21-16-20-12(7-25-16)9-2-3-10(18)11(19)6-9/h2-3,6-7,13H,4-5,8H2,1H3,(H,20,21,24)/t13-,17+/m0/s1. The van der Waals surface area contributed by atoms with Crippen LogP contribution < -0.4 is 5.32 Å². The predicted molar refractivity (Wildman–Crippen MR) is 96.8 cm³/mol. The summed E-state index contributed by atoms with van der Waals surface area (Å²) in [6.07, 6.45) is 1.21. The minimum Gasteiger partial charge on any atom is -0.315 e. The zero-order chi connectivity index (χ0) is 18.5. The number of amides is 2. The van der Waals surface area contributed by atoms with Crippen molar-refractivity contribution >= 4 is 40.0 Å². The summed E-state index contributed by atoms with van der Waals surface area (Å²) in [4.78, 5) is 30.4. The third-order valence-corrected chi connectivity index (χ3v) is 6.96. The molecular formula is C17H15F2N3O2S2. The van der Waals surface area contributed by atoms with E-state index in [-0.39, 0.29) is 16.7 Å². The van der Waals surface area contributed by atoms with Crippen molar-refractivity contribution < 1.29 is 18.4 Å². The van der Waals surface area contributed by atoms with Crippen LogP contribution in [0.2, 0.25) is 0 Å². The summed E-state index contributed by atoms with van der Waals surface area (Å²) in [6, 6.07) is 3.02. The highest BCUT2D eigenvalue weighted by Crippen LogP contribution is 2.47. The highest BCUT2D eigenvalue weighted by Gasteiger charge is 2.52. The number of halogens is 2. The Labute approximate surface area is 156 Å². The average molecular weight is 395 g/mol. The molecule has 1 N–H and O–H groups in total. The van der Waals surface area contributed by atoms with Gasteiger partial charge in [0.05, 0.1) is 10.6 Å². The molecule has 0 saturated carbocycles. The summed E-state index contributed by atoms with van der Waals surface area (Å²) in [6.45, 7) is 1.99. The number of benzene rings is 1. The van der Waals surface area contributed by atoms with Gasteiger partial charge in [0.15, 0.2) is 16.8 Å². The minimum absolute atomic E-state index is 0.000680. The van der Waals surface area contributed by atoms with Gasteiger partial charge in [0.1, 0.15) is 6.04 Å². The van der Waals surface area contributed by atoms with Crippen molar-refractivity contribution in [2.24, 2.45) is 0 Å². The van der Waals surface area contributed by atoms with Crippen LogP contribution in [-0.4, -0.2) is 38.4 Å². The molecule has 0 aliphatic carbocycles. The maximum absolute atomic E-state index is 13.4. The van der Waals surface area contributed by atoms with E-state index in [0.29, 0.717) is 28.6 Å². The Morgan fingerprint density at radius 3 is 2.96 bits per heavy atom. The number of carbonyl (C=O) groups is 2. The molecule has 3 heterocycles. The van der Waals surface area contributed by atoms with Crippen LogP contribution in [0.5, 0.6) is 0 Å². The Hall–Kier alpha value is -2.00. The third-order valence-electron chi connectivity index (χ3n) is 4.70. The first kappa shape index (κ1) is 17.4. The summed E-state index contributed by atoms with van der Waals surface area (Å²) >= 11 is 2.82. The number of hydrogen-bond donors (Lipinski definition) is 1. The summed E-state index contributed by atoms with van der Waals surface area (Å²) < 4.78 is 26.4. The quantitative estimate of drug-likeness (QED) is 0.864. The highest BCUT2D eigenvalue weighted by molar-refractivity contribution is 8.01. The van der Waals surface area contributed by atoms with E-state index in [1.807, 2.05) is 6.92 Å². The van der Waals surface area contributed by atoms with Gasteiger partial charge in [-0.2, -0.15) is 0 Å². The Bertz CT molecular complexity index is 904. The van der Waals surface area contributed by atoms with Gasteiger partial charge >= 0.3 is 0 Å². The van der Waals surface area contributed by atoms with Crippen molar-refractivity contribution in [1.29, 1.82) is 0 Å². The van der Waals surface area contributed by atoms with Crippen LogP contribution in [0.15, 0.2) is 23.6 Å². The zero-order valence-electron chi connectivity index (χ0n) is 13.8. The molecule has 26 heavy (non-hydrogen) atoms. The number of anilines is 1. The molecule has 2 amide bonds. The molecule has 4 rings (SSSR count). The number of thioether (sulfide) groups is 1. The van der Waals surface area contributed by atoms with E-state index in [0.717, 1.165) is 18.6 Å². The van der Waals surface area contributed by atoms with E-state index < -0.39 is 17.7 Å². The number of rotatable bonds is 3. The van der Waals surface area contributed by atoms with Gasteiger partial charge in [-0.25, -0.2) is 13.8 Å². The molecule has 5 nitrogen and oxygen atoms in total. The van der Waals surface area contributed by atoms with Gasteiger partial charge in [0.25, 0.3) is 0 Å². The predicted octanol–water partition coefficient (Wildman–Crippen LogP) is 3.48. The van der Waals surface area contributed by atoms with Crippen LogP contribution in [0.1, 0.15) is 19.8 Å². The second kappa shape index (κ2) is 6.31. The zero-order valence-corrected chi connectivity index (χ0v) is 15.4. The normalized spacial score (nSPS) is 24.8. The molecule has 136 valence electrons. The smallest absolute Gasteiger partial charge is 0.249 e. The Morgan fingerprint density at radius 2 is 2.19 bits per heavy atom. The van der Waals surface area contributed by atoms with E-state index in [1.54, 1.807) is 22.0 Å². The Balaban J connectivity index is 1.50. The van der Waals surface area contributed by atoms with E-state index in [2.05, 4.69) is 10.3 Å². The molecule has 1 aromatic heterocycles. The van der Waals surface area contributed by atoms with Gasteiger partial charge in [0.2, 0.25) is 11.8 Å². The minimum atomic E-state index is -0.948. The summed E-state index contributed by atoms with van der Waals surface area (Å²) in [5, 5.41) is 4.77. The maximum Gasteiger partial charge on any atom is 0.249 e. The highest BCUT2D eigenvalue weighted by atomic mass is 32.2. The van der Waals surface area contributed by atoms with Crippen molar-refractivity contribution in [3.8, 4) is 11.3 Å². The van der Waals surface area contributed by atoms with E-state index in [9.17, 15) is 18.4 Å². The van der Waals surface area contributed by atoms with Crippen LogP contribution in [0.4, 0.5) is 13.9 Å². The number of thiazole rings is 1. The summed E-state index contributed by atoms with van der Waals surface area (Å²) in [5.74, 6) is -1.59. The van der Waals surface area contributed by atoms with E-state index >= 15 is 0 Å². The third kappa shape index (κ3) is 2.88. The van der Waals surface area contributed by atoms with Crippen LogP contribution in [0, 0.1) is 11.6 Å². The van der Waals surface area contributed by atoms with Gasteiger partial charge in [0, 0.05) is 23.1 Å². The van der Waals surface area contributed by atoms with E-state index in [1.165, 1.54) is 17.4 Å². The second-order valence-corrected chi connectivity index (χ2v) is 8.78. The molecule has 0 bridgehead atoms. The van der Waals surface area contributed by atoms with E-state index in [4.69, 9.17) is 0 Å². The van der Waals surface area contributed by atoms with Crippen molar-refractivity contribution in [2.45, 2.75) is 30.7 Å². The largest absolute Gasteiger partial charge is 0.315 e. The number of carbonyl (C=O) groups excluding carboxylic acids is 2. The molecule has 2 fully saturated rings. The molecule has 0 spiro atoms. The second-order valence-electron chi connectivity index (χ2n) is 6.42. The fraction of sp³-hybridized carbons (Fsp3) is 0.353. The van der Waals surface area contributed by atoms with Gasteiger partial charge < -0.3 is 10.2 Å². The Morgan fingerprint density at radius 1 is 1.38 bits per heavy atom. The molecule has 2 saturated heterocycles. The fourth-order valence-corrected chi connectivity index (χ4v) is 5.48. The van der Waals surface area contributed by atoms with Gasteiger partial charge in [-0.3, -0.25) is 9.59 Å².